The van der Waals surface area contributed by atoms with E-state index in [-0.39, 0.29) is 21.2 Å². The normalized spacial score (nSPS) is 11.9. The van der Waals surface area contributed by atoms with E-state index in [9.17, 15) is 18.0 Å². The predicted molar refractivity (Wildman–Crippen MR) is 134 cm³/mol. The van der Waals surface area contributed by atoms with Crippen molar-refractivity contribution in [2.75, 3.05) is 5.75 Å². The van der Waals surface area contributed by atoms with E-state index >= 15 is 0 Å². The number of halogens is 2. The Morgan fingerprint density at radius 2 is 1.91 bits per heavy atom. The van der Waals surface area contributed by atoms with Crippen LogP contribution in [0.15, 0.2) is 70.1 Å². The number of carbonyl (C=O) groups excluding carboxylic acids is 1. The highest BCUT2D eigenvalue weighted by Crippen LogP contribution is 2.27. The van der Waals surface area contributed by atoms with Gasteiger partial charge in [-0.25, -0.2) is 13.4 Å². The molecular weight excluding hydrogens is 517 g/mol. The number of rotatable bonds is 6. The van der Waals surface area contributed by atoms with E-state index in [1.807, 2.05) is 12.1 Å². The first kappa shape index (κ1) is 22.8. The quantitative estimate of drug-likeness (QED) is 0.338. The van der Waals surface area contributed by atoms with E-state index in [1.165, 1.54) is 16.7 Å². The van der Waals surface area contributed by atoms with Crippen LogP contribution in [0.25, 0.3) is 27.5 Å². The number of aromatic nitrogens is 3. The van der Waals surface area contributed by atoms with E-state index in [0.29, 0.717) is 26.5 Å². The molecule has 5 rings (SSSR count). The number of benzene rings is 2. The Balaban J connectivity index is 1.41. The topological polar surface area (TPSA) is 102 Å². The monoisotopic (exact) mass is 531 g/mol. The highest BCUT2D eigenvalue weighted by Gasteiger charge is 2.22. The largest absolute Gasteiger partial charge is 0.345 e. The van der Waals surface area contributed by atoms with Gasteiger partial charge in [0.25, 0.3) is 5.56 Å². The second-order valence-corrected chi connectivity index (χ2v) is 12.0. The van der Waals surface area contributed by atoms with Crippen molar-refractivity contribution in [3.8, 4) is 5.69 Å². The molecule has 0 aliphatic carbocycles. The zero-order valence-corrected chi connectivity index (χ0v) is 20.4. The van der Waals surface area contributed by atoms with Gasteiger partial charge in [0, 0.05) is 18.0 Å². The Kier molecular flexibility index (Phi) is 5.81. The van der Waals surface area contributed by atoms with Gasteiger partial charge in [-0.1, -0.05) is 29.3 Å². The molecule has 0 saturated carbocycles. The van der Waals surface area contributed by atoms with Gasteiger partial charge in [0.2, 0.25) is 0 Å². The number of sulfone groups is 1. The molecule has 0 radical (unpaired) electrons. The number of aromatic amines is 1. The summed E-state index contributed by atoms with van der Waals surface area (Å²) in [6.45, 7) is 0. The lowest BCUT2D eigenvalue weighted by molar-refractivity contribution is -0.116. The van der Waals surface area contributed by atoms with E-state index in [0.717, 1.165) is 22.2 Å². The standard InChI is InChI=1S/C23H15Cl2N3O4S2/c24-17-8-13(7-15(29)11-34(31,32)22-4-3-21(25)33-22)1-2-20(17)28-6-5-14-9-18-19(27-12-26-18)10-16(14)23(28)30/h1-6,8-10,12H,7,11H2,(H,26,27). The van der Waals surface area contributed by atoms with Crippen LogP contribution in [0.4, 0.5) is 0 Å². The number of carbonyl (C=O) groups is 1. The van der Waals surface area contributed by atoms with Crippen molar-refractivity contribution in [2.24, 2.45) is 0 Å². The molecule has 0 amide bonds. The zero-order valence-electron chi connectivity index (χ0n) is 17.3. The van der Waals surface area contributed by atoms with Gasteiger partial charge in [-0.2, -0.15) is 0 Å². The highest BCUT2D eigenvalue weighted by atomic mass is 35.5. The lowest BCUT2D eigenvalue weighted by Gasteiger charge is -2.11. The first-order valence-corrected chi connectivity index (χ1v) is 13.2. The third kappa shape index (κ3) is 4.27. The number of hydrogen-bond acceptors (Lipinski definition) is 6. The summed E-state index contributed by atoms with van der Waals surface area (Å²) in [6, 6.07) is 13.1. The maximum absolute atomic E-state index is 13.1. The molecule has 0 spiro atoms. The van der Waals surface area contributed by atoms with Crippen LogP contribution in [0.1, 0.15) is 5.56 Å². The SMILES string of the molecule is O=C(Cc1ccc(-n2ccc3cc4[nH]cnc4cc3c2=O)c(Cl)c1)CS(=O)(=O)c1ccc(Cl)s1. The van der Waals surface area contributed by atoms with Crippen LogP contribution in [-0.4, -0.2) is 34.5 Å². The van der Waals surface area contributed by atoms with Crippen LogP contribution in [0, 0.1) is 0 Å². The Hall–Kier alpha value is -2.98. The van der Waals surface area contributed by atoms with Gasteiger partial charge in [0.05, 0.1) is 32.4 Å². The Labute approximate surface area is 207 Å². The molecule has 2 aromatic carbocycles. The maximum atomic E-state index is 13.1. The molecular formula is C23H15Cl2N3O4S2. The predicted octanol–water partition coefficient (Wildman–Crippen LogP) is 4.82. The summed E-state index contributed by atoms with van der Waals surface area (Å²) in [5, 5.41) is 1.53. The first-order chi connectivity index (χ1) is 16.2. The average molecular weight is 532 g/mol. The molecule has 34 heavy (non-hydrogen) atoms. The number of ketones is 1. The minimum absolute atomic E-state index is 0.0574. The molecule has 172 valence electrons. The molecule has 3 heterocycles. The number of hydrogen-bond donors (Lipinski definition) is 1. The minimum Gasteiger partial charge on any atom is -0.345 e. The fraction of sp³-hybridized carbons (Fsp3) is 0.0870. The van der Waals surface area contributed by atoms with Crippen molar-refractivity contribution < 1.29 is 13.2 Å². The number of nitrogens with zero attached hydrogens (tertiary/aromatic N) is 2. The Morgan fingerprint density at radius 1 is 1.09 bits per heavy atom. The number of imidazole rings is 1. The van der Waals surface area contributed by atoms with Crippen LogP contribution in [0.5, 0.6) is 0 Å². The minimum atomic E-state index is -3.76. The van der Waals surface area contributed by atoms with Crippen LogP contribution in [0.2, 0.25) is 9.36 Å². The van der Waals surface area contributed by atoms with Gasteiger partial charge < -0.3 is 4.98 Å². The molecule has 0 saturated heterocycles. The molecule has 0 aliphatic heterocycles. The van der Waals surface area contributed by atoms with Gasteiger partial charge >= 0.3 is 0 Å². The summed E-state index contributed by atoms with van der Waals surface area (Å²) in [4.78, 5) is 32.8. The number of nitrogens with one attached hydrogen (secondary N) is 1. The van der Waals surface area contributed by atoms with Crippen LogP contribution >= 0.6 is 34.5 Å². The third-order valence-electron chi connectivity index (χ3n) is 5.32. The Bertz CT molecular complexity index is 1750. The fourth-order valence-electron chi connectivity index (χ4n) is 3.75. The molecule has 1 N–H and O–H groups in total. The van der Waals surface area contributed by atoms with E-state index in [4.69, 9.17) is 23.2 Å². The van der Waals surface area contributed by atoms with Gasteiger partial charge in [0.15, 0.2) is 15.6 Å². The molecule has 3 aromatic heterocycles. The number of Topliss-reactive ketones (excluding diaryl/α,β-unsaturated/α-hetero) is 1. The van der Waals surface area contributed by atoms with Gasteiger partial charge in [0.1, 0.15) is 9.96 Å². The second-order valence-electron chi connectivity index (χ2n) is 7.67. The molecule has 11 heteroatoms. The molecule has 7 nitrogen and oxygen atoms in total. The average Bonchev–Trinajstić information content (AvgIpc) is 3.42. The molecule has 0 fully saturated rings. The molecule has 5 aromatic rings. The summed E-state index contributed by atoms with van der Waals surface area (Å²) in [5.74, 6) is -1.10. The fourth-order valence-corrected chi connectivity index (χ4v) is 6.85. The summed E-state index contributed by atoms with van der Waals surface area (Å²) in [5.41, 5.74) is 2.26. The van der Waals surface area contributed by atoms with E-state index < -0.39 is 21.4 Å². The maximum Gasteiger partial charge on any atom is 0.263 e. The molecule has 0 aliphatic rings. The smallest absolute Gasteiger partial charge is 0.263 e. The van der Waals surface area contributed by atoms with Crippen molar-refractivity contribution in [1.82, 2.24) is 14.5 Å². The van der Waals surface area contributed by atoms with Crippen LogP contribution in [0.3, 0.4) is 0 Å². The Morgan fingerprint density at radius 3 is 2.65 bits per heavy atom. The summed E-state index contributed by atoms with van der Waals surface area (Å²) >= 11 is 13.2. The summed E-state index contributed by atoms with van der Waals surface area (Å²) in [7, 11) is -3.76. The van der Waals surface area contributed by atoms with E-state index in [1.54, 1.807) is 36.8 Å². The number of H-pyrrole nitrogens is 1. The second kappa shape index (κ2) is 8.66. The summed E-state index contributed by atoms with van der Waals surface area (Å²) in [6.07, 6.45) is 3.10. The zero-order chi connectivity index (χ0) is 24.0. The third-order valence-corrected chi connectivity index (χ3v) is 9.11. The van der Waals surface area contributed by atoms with Gasteiger partial charge in [-0.05, 0) is 53.4 Å². The van der Waals surface area contributed by atoms with E-state index in [2.05, 4.69) is 9.97 Å². The molecule has 0 atom stereocenters. The molecule has 0 bridgehead atoms. The van der Waals surface area contributed by atoms with Crippen molar-refractivity contribution in [3.63, 3.8) is 0 Å². The van der Waals surface area contributed by atoms with Gasteiger partial charge in [-0.15, -0.1) is 11.3 Å². The number of fused-ring (bicyclic) bond motifs is 2. The highest BCUT2D eigenvalue weighted by molar-refractivity contribution is 7.94. The lowest BCUT2D eigenvalue weighted by Crippen LogP contribution is -2.19. The summed E-state index contributed by atoms with van der Waals surface area (Å²) < 4.78 is 26.7. The van der Waals surface area contributed by atoms with Crippen molar-refractivity contribution in [3.05, 3.63) is 86.3 Å². The number of pyridine rings is 1. The van der Waals surface area contributed by atoms with Gasteiger partial charge in [-0.3, -0.25) is 14.2 Å². The molecule has 0 unspecified atom stereocenters. The lowest BCUT2D eigenvalue weighted by atomic mass is 10.1. The van der Waals surface area contributed by atoms with Crippen molar-refractivity contribution >= 4 is 72.0 Å². The first-order valence-electron chi connectivity index (χ1n) is 9.98. The van der Waals surface area contributed by atoms with Crippen LogP contribution < -0.4 is 5.56 Å². The van der Waals surface area contributed by atoms with Crippen LogP contribution in [-0.2, 0) is 21.1 Å². The van der Waals surface area contributed by atoms with Crippen molar-refractivity contribution in [2.45, 2.75) is 10.6 Å². The number of thiophene rings is 1. The van der Waals surface area contributed by atoms with Crippen molar-refractivity contribution in [1.29, 1.82) is 0 Å².